The van der Waals surface area contributed by atoms with E-state index in [1.807, 2.05) is 0 Å². The molecule has 0 aromatic heterocycles. The van der Waals surface area contributed by atoms with Crippen LogP contribution < -0.4 is 0 Å². The van der Waals surface area contributed by atoms with Gasteiger partial charge in [0.15, 0.2) is 0 Å². The minimum atomic E-state index is 0.657. The summed E-state index contributed by atoms with van der Waals surface area (Å²) in [6.45, 7) is 4.46. The van der Waals surface area contributed by atoms with Gasteiger partial charge in [0.1, 0.15) is 0 Å². The Kier molecular flexibility index (Phi) is 6.73. The lowest BCUT2D eigenvalue weighted by molar-refractivity contribution is 0.607. The lowest BCUT2D eigenvalue weighted by Gasteiger charge is -2.20. The standard InChI is InChI=1S/C26H30/c1-3-5-21-7-9-23(10-8-21)11-12-24-15-19-26(20-16-24)25-17-13-22(6-4-2)14-18-25/h7-10,13-15,17-18,26H,3-6,16,19-20H2,1-2H3. The van der Waals surface area contributed by atoms with Crippen molar-refractivity contribution in [1.82, 2.24) is 0 Å². The first-order valence-electron chi connectivity index (χ1n) is 10.2. The Hall–Kier alpha value is -2.26. The van der Waals surface area contributed by atoms with E-state index >= 15 is 0 Å². The Balaban J connectivity index is 1.59. The molecule has 0 fully saturated rings. The van der Waals surface area contributed by atoms with Crippen molar-refractivity contribution in [3.8, 4) is 11.8 Å². The van der Waals surface area contributed by atoms with Gasteiger partial charge in [-0.05, 0) is 72.4 Å². The molecule has 0 aliphatic heterocycles. The summed E-state index contributed by atoms with van der Waals surface area (Å²) in [6, 6.07) is 18.0. The molecule has 3 rings (SSSR count). The van der Waals surface area contributed by atoms with E-state index in [1.165, 1.54) is 47.9 Å². The fraction of sp³-hybridized carbons (Fsp3) is 0.385. The number of hydrogen-bond donors (Lipinski definition) is 0. The Morgan fingerprint density at radius 2 is 1.42 bits per heavy atom. The van der Waals surface area contributed by atoms with Crippen LogP contribution in [0.25, 0.3) is 0 Å². The van der Waals surface area contributed by atoms with Crippen molar-refractivity contribution in [2.24, 2.45) is 0 Å². The summed E-state index contributed by atoms with van der Waals surface area (Å²) >= 11 is 0. The fourth-order valence-corrected chi connectivity index (χ4v) is 3.69. The highest BCUT2D eigenvalue weighted by molar-refractivity contribution is 5.42. The average molecular weight is 343 g/mol. The maximum atomic E-state index is 3.40. The second-order valence-corrected chi connectivity index (χ2v) is 7.39. The van der Waals surface area contributed by atoms with Crippen molar-refractivity contribution in [1.29, 1.82) is 0 Å². The lowest BCUT2D eigenvalue weighted by Crippen LogP contribution is -2.04. The summed E-state index contributed by atoms with van der Waals surface area (Å²) in [5.74, 6) is 7.40. The van der Waals surface area contributed by atoms with E-state index in [9.17, 15) is 0 Å². The molecule has 0 saturated carbocycles. The first kappa shape index (κ1) is 18.5. The summed E-state index contributed by atoms with van der Waals surface area (Å²) < 4.78 is 0. The minimum absolute atomic E-state index is 0.657. The van der Waals surface area contributed by atoms with Gasteiger partial charge in [0, 0.05) is 5.56 Å². The summed E-state index contributed by atoms with van der Waals surface area (Å²) in [7, 11) is 0. The van der Waals surface area contributed by atoms with E-state index in [0.29, 0.717) is 5.92 Å². The van der Waals surface area contributed by atoms with Crippen molar-refractivity contribution in [3.05, 3.63) is 82.4 Å². The first-order chi connectivity index (χ1) is 12.8. The number of benzene rings is 2. The summed E-state index contributed by atoms with van der Waals surface area (Å²) in [5.41, 5.74) is 6.78. The molecule has 134 valence electrons. The molecule has 2 aromatic carbocycles. The van der Waals surface area contributed by atoms with E-state index < -0.39 is 0 Å². The van der Waals surface area contributed by atoms with Crippen LogP contribution in [0.4, 0.5) is 0 Å². The third kappa shape index (κ3) is 5.12. The zero-order chi connectivity index (χ0) is 18.2. The second kappa shape index (κ2) is 9.44. The van der Waals surface area contributed by atoms with Gasteiger partial charge in [0.05, 0.1) is 0 Å². The minimum Gasteiger partial charge on any atom is -0.0723 e. The molecule has 0 nitrogen and oxygen atoms in total. The molecule has 2 aromatic rings. The van der Waals surface area contributed by atoms with E-state index in [1.54, 1.807) is 0 Å². The molecule has 0 saturated heterocycles. The van der Waals surface area contributed by atoms with Gasteiger partial charge in [-0.15, -0.1) is 0 Å². The van der Waals surface area contributed by atoms with Crippen LogP contribution in [0.1, 0.15) is 74.1 Å². The van der Waals surface area contributed by atoms with Crippen LogP contribution in [0.5, 0.6) is 0 Å². The van der Waals surface area contributed by atoms with Crippen molar-refractivity contribution in [3.63, 3.8) is 0 Å². The highest BCUT2D eigenvalue weighted by Crippen LogP contribution is 2.32. The monoisotopic (exact) mass is 342 g/mol. The quantitative estimate of drug-likeness (QED) is 0.522. The van der Waals surface area contributed by atoms with E-state index in [4.69, 9.17) is 0 Å². The van der Waals surface area contributed by atoms with Crippen molar-refractivity contribution >= 4 is 0 Å². The predicted octanol–water partition coefficient (Wildman–Crippen LogP) is 6.84. The SMILES string of the molecule is CCCc1ccc(C#CC2=CCC(c3ccc(CCC)cc3)CC2)cc1. The summed E-state index contributed by atoms with van der Waals surface area (Å²) in [5, 5.41) is 0. The predicted molar refractivity (Wildman–Crippen MR) is 112 cm³/mol. The second-order valence-electron chi connectivity index (χ2n) is 7.39. The summed E-state index contributed by atoms with van der Waals surface area (Å²) in [4.78, 5) is 0. The van der Waals surface area contributed by atoms with Crippen LogP contribution >= 0.6 is 0 Å². The molecule has 0 spiro atoms. The van der Waals surface area contributed by atoms with Crippen LogP contribution in [-0.2, 0) is 12.8 Å². The summed E-state index contributed by atoms with van der Waals surface area (Å²) in [6.07, 6.45) is 10.5. The molecule has 0 radical (unpaired) electrons. The molecule has 0 heteroatoms. The topological polar surface area (TPSA) is 0 Å². The Labute approximate surface area is 159 Å². The van der Waals surface area contributed by atoms with Crippen molar-refractivity contribution < 1.29 is 0 Å². The molecular weight excluding hydrogens is 312 g/mol. The number of allylic oxidation sites excluding steroid dienone is 2. The Bertz CT molecular complexity index is 779. The van der Waals surface area contributed by atoms with E-state index in [-0.39, 0.29) is 0 Å². The van der Waals surface area contributed by atoms with Gasteiger partial charge < -0.3 is 0 Å². The fourth-order valence-electron chi connectivity index (χ4n) is 3.69. The maximum Gasteiger partial charge on any atom is 0.0249 e. The number of rotatable bonds is 5. The smallest absolute Gasteiger partial charge is 0.0249 e. The van der Waals surface area contributed by atoms with Crippen molar-refractivity contribution in [2.75, 3.05) is 0 Å². The van der Waals surface area contributed by atoms with Crippen LogP contribution in [0.3, 0.4) is 0 Å². The largest absolute Gasteiger partial charge is 0.0723 e. The molecule has 1 aliphatic carbocycles. The highest BCUT2D eigenvalue weighted by atomic mass is 14.2. The molecule has 1 unspecified atom stereocenters. The Morgan fingerprint density at radius 1 is 0.808 bits per heavy atom. The van der Waals surface area contributed by atoms with Gasteiger partial charge in [-0.1, -0.05) is 81.0 Å². The Morgan fingerprint density at radius 3 is 1.96 bits per heavy atom. The van der Waals surface area contributed by atoms with Gasteiger partial charge >= 0.3 is 0 Å². The van der Waals surface area contributed by atoms with E-state index in [0.717, 1.165) is 24.8 Å². The van der Waals surface area contributed by atoms with Gasteiger partial charge in [-0.3, -0.25) is 0 Å². The normalized spacial score (nSPS) is 16.5. The van der Waals surface area contributed by atoms with Crippen LogP contribution in [0.15, 0.2) is 60.2 Å². The zero-order valence-electron chi connectivity index (χ0n) is 16.2. The molecular formula is C26H30. The maximum absolute atomic E-state index is 3.40. The molecule has 1 aliphatic rings. The highest BCUT2D eigenvalue weighted by Gasteiger charge is 2.15. The van der Waals surface area contributed by atoms with Gasteiger partial charge in [-0.25, -0.2) is 0 Å². The van der Waals surface area contributed by atoms with Gasteiger partial charge in [0.2, 0.25) is 0 Å². The van der Waals surface area contributed by atoms with Gasteiger partial charge in [-0.2, -0.15) is 0 Å². The first-order valence-corrected chi connectivity index (χ1v) is 10.2. The molecule has 0 N–H and O–H groups in total. The molecule has 26 heavy (non-hydrogen) atoms. The number of aryl methyl sites for hydroxylation is 2. The lowest BCUT2D eigenvalue weighted by atomic mass is 9.84. The zero-order valence-corrected chi connectivity index (χ0v) is 16.2. The van der Waals surface area contributed by atoms with Crippen LogP contribution in [0, 0.1) is 11.8 Å². The molecule has 1 atom stereocenters. The molecule has 0 bridgehead atoms. The van der Waals surface area contributed by atoms with Crippen LogP contribution in [-0.4, -0.2) is 0 Å². The number of hydrogen-bond acceptors (Lipinski definition) is 0. The molecule has 0 amide bonds. The van der Waals surface area contributed by atoms with E-state index in [2.05, 4.69) is 80.3 Å². The van der Waals surface area contributed by atoms with Crippen LogP contribution in [0.2, 0.25) is 0 Å². The van der Waals surface area contributed by atoms with Gasteiger partial charge in [0.25, 0.3) is 0 Å². The average Bonchev–Trinajstić information content (AvgIpc) is 2.69. The third-order valence-corrected chi connectivity index (χ3v) is 5.26. The third-order valence-electron chi connectivity index (χ3n) is 5.26. The van der Waals surface area contributed by atoms with Crippen molar-refractivity contribution in [2.45, 2.75) is 64.7 Å². The molecule has 0 heterocycles.